The van der Waals surface area contributed by atoms with Gasteiger partial charge in [-0.2, -0.15) is 5.26 Å². The Morgan fingerprint density at radius 2 is 1.93 bits per heavy atom. The number of rotatable bonds is 2. The average Bonchev–Trinajstić information content (AvgIpc) is 2.68. The first-order valence-corrected chi connectivity index (χ1v) is 4.94. The average molecular weight is 203 g/mol. The third-order valence-electron chi connectivity index (χ3n) is 2.88. The molecule has 1 aliphatic rings. The van der Waals surface area contributed by atoms with Crippen LogP contribution in [0.15, 0.2) is 12.1 Å². The third-order valence-corrected chi connectivity index (χ3v) is 2.88. The first-order valence-electron chi connectivity index (χ1n) is 4.94. The van der Waals surface area contributed by atoms with Crippen LogP contribution in [0.2, 0.25) is 0 Å². The molecule has 0 aliphatic heterocycles. The summed E-state index contributed by atoms with van der Waals surface area (Å²) in [6.45, 7) is 0. The zero-order chi connectivity index (χ0) is 10.8. The minimum atomic E-state index is 0.0137. The van der Waals surface area contributed by atoms with E-state index in [9.17, 15) is 0 Å². The molecule has 0 saturated carbocycles. The van der Waals surface area contributed by atoms with Gasteiger partial charge in [0.05, 0.1) is 26.2 Å². The minimum absolute atomic E-state index is 0.0137. The summed E-state index contributed by atoms with van der Waals surface area (Å²) in [5.74, 6) is 1.47. The van der Waals surface area contributed by atoms with Crippen LogP contribution in [-0.4, -0.2) is 14.2 Å². The van der Waals surface area contributed by atoms with Crippen LogP contribution in [0.25, 0.3) is 0 Å². The van der Waals surface area contributed by atoms with Crippen molar-refractivity contribution in [2.45, 2.75) is 18.8 Å². The Bertz CT molecular complexity index is 420. The molecule has 3 nitrogen and oxygen atoms in total. The molecule has 3 heteroatoms. The summed E-state index contributed by atoms with van der Waals surface area (Å²) in [5, 5.41) is 8.98. The number of hydrogen-bond acceptors (Lipinski definition) is 3. The molecule has 0 radical (unpaired) electrons. The number of methoxy groups -OCH3 is 2. The van der Waals surface area contributed by atoms with Crippen LogP contribution in [0.1, 0.15) is 23.5 Å². The number of fused-ring (bicyclic) bond motifs is 1. The summed E-state index contributed by atoms with van der Waals surface area (Å²) in [4.78, 5) is 0. The molecule has 1 aromatic rings. The van der Waals surface area contributed by atoms with Crippen molar-refractivity contribution in [1.29, 1.82) is 5.26 Å². The predicted octanol–water partition coefficient (Wildman–Crippen LogP) is 2.26. The second-order valence-corrected chi connectivity index (χ2v) is 3.63. The van der Waals surface area contributed by atoms with E-state index in [1.54, 1.807) is 14.2 Å². The molecule has 0 amide bonds. The number of aryl methyl sites for hydroxylation is 1. The van der Waals surface area contributed by atoms with Crippen molar-refractivity contribution in [3.63, 3.8) is 0 Å². The van der Waals surface area contributed by atoms with Gasteiger partial charge < -0.3 is 9.47 Å². The summed E-state index contributed by atoms with van der Waals surface area (Å²) in [7, 11) is 3.24. The van der Waals surface area contributed by atoms with Crippen LogP contribution in [0, 0.1) is 11.3 Å². The van der Waals surface area contributed by atoms with E-state index in [0.29, 0.717) is 5.75 Å². The standard InChI is InChI=1S/C12H13NO2/c1-14-11-5-8-3-4-9(7-13)10(8)6-12(11)15-2/h5-6,9H,3-4H2,1-2H3/t9-/m1/s1. The SMILES string of the molecule is COc1cc2c(cc1OC)[C@@H](C#N)CC2. The summed E-state index contributed by atoms with van der Waals surface area (Å²) in [6, 6.07) is 6.22. The Balaban J connectivity index is 2.50. The second kappa shape index (κ2) is 3.82. The molecule has 0 fully saturated rings. The Hall–Kier alpha value is -1.69. The van der Waals surface area contributed by atoms with E-state index < -0.39 is 0 Å². The Labute approximate surface area is 89.2 Å². The molecule has 0 unspecified atom stereocenters. The van der Waals surface area contributed by atoms with Crippen LogP contribution >= 0.6 is 0 Å². The van der Waals surface area contributed by atoms with Crippen molar-refractivity contribution in [2.75, 3.05) is 14.2 Å². The minimum Gasteiger partial charge on any atom is -0.493 e. The maximum absolute atomic E-state index is 8.98. The highest BCUT2D eigenvalue weighted by atomic mass is 16.5. The Morgan fingerprint density at radius 3 is 2.53 bits per heavy atom. The highest BCUT2D eigenvalue weighted by Crippen LogP contribution is 2.39. The largest absolute Gasteiger partial charge is 0.493 e. The van der Waals surface area contributed by atoms with E-state index in [1.807, 2.05) is 12.1 Å². The van der Waals surface area contributed by atoms with Crippen molar-refractivity contribution < 1.29 is 9.47 Å². The highest BCUT2D eigenvalue weighted by Gasteiger charge is 2.24. The van der Waals surface area contributed by atoms with E-state index in [-0.39, 0.29) is 5.92 Å². The van der Waals surface area contributed by atoms with E-state index in [4.69, 9.17) is 14.7 Å². The molecule has 0 saturated heterocycles. The zero-order valence-corrected chi connectivity index (χ0v) is 8.91. The number of benzene rings is 1. The van der Waals surface area contributed by atoms with E-state index in [0.717, 1.165) is 24.2 Å². The monoisotopic (exact) mass is 203 g/mol. The fraction of sp³-hybridized carbons (Fsp3) is 0.417. The van der Waals surface area contributed by atoms with Gasteiger partial charge in [0.15, 0.2) is 11.5 Å². The van der Waals surface area contributed by atoms with Gasteiger partial charge in [0.25, 0.3) is 0 Å². The molecule has 1 aromatic carbocycles. The maximum Gasteiger partial charge on any atom is 0.161 e. The number of hydrogen-bond donors (Lipinski definition) is 0. The van der Waals surface area contributed by atoms with E-state index >= 15 is 0 Å². The van der Waals surface area contributed by atoms with Crippen LogP contribution in [-0.2, 0) is 6.42 Å². The first kappa shape index (κ1) is 9.85. The fourth-order valence-corrected chi connectivity index (χ4v) is 2.07. The molecule has 0 N–H and O–H groups in total. The van der Waals surface area contributed by atoms with Gasteiger partial charge in [-0.1, -0.05) is 0 Å². The third kappa shape index (κ3) is 1.52. The summed E-state index contributed by atoms with van der Waals surface area (Å²) < 4.78 is 10.4. The van der Waals surface area contributed by atoms with Crippen molar-refractivity contribution >= 4 is 0 Å². The summed E-state index contributed by atoms with van der Waals surface area (Å²) >= 11 is 0. The van der Waals surface area contributed by atoms with Crippen LogP contribution < -0.4 is 9.47 Å². The molecule has 0 aromatic heterocycles. The van der Waals surface area contributed by atoms with Crippen LogP contribution in [0.3, 0.4) is 0 Å². The lowest BCUT2D eigenvalue weighted by atomic mass is 10.0. The molecule has 0 bridgehead atoms. The smallest absolute Gasteiger partial charge is 0.161 e. The zero-order valence-electron chi connectivity index (χ0n) is 8.91. The van der Waals surface area contributed by atoms with Gasteiger partial charge in [0.1, 0.15) is 0 Å². The van der Waals surface area contributed by atoms with Gasteiger partial charge in [0, 0.05) is 0 Å². The molecule has 1 aliphatic carbocycles. The Morgan fingerprint density at radius 1 is 1.27 bits per heavy atom. The Kier molecular flexibility index (Phi) is 2.51. The van der Waals surface area contributed by atoms with Crippen molar-refractivity contribution in [3.8, 4) is 17.6 Å². The molecular weight excluding hydrogens is 190 g/mol. The molecule has 0 heterocycles. The lowest BCUT2D eigenvalue weighted by Gasteiger charge is -2.10. The van der Waals surface area contributed by atoms with Gasteiger partial charge in [-0.15, -0.1) is 0 Å². The lowest BCUT2D eigenvalue weighted by Crippen LogP contribution is -1.95. The molecule has 1 atom stereocenters. The van der Waals surface area contributed by atoms with Gasteiger partial charge in [-0.05, 0) is 36.1 Å². The normalized spacial score (nSPS) is 18.1. The van der Waals surface area contributed by atoms with Crippen LogP contribution in [0.5, 0.6) is 11.5 Å². The second-order valence-electron chi connectivity index (χ2n) is 3.63. The van der Waals surface area contributed by atoms with Gasteiger partial charge in [-0.3, -0.25) is 0 Å². The highest BCUT2D eigenvalue weighted by molar-refractivity contribution is 5.51. The molecule has 15 heavy (non-hydrogen) atoms. The number of nitrogens with zero attached hydrogens (tertiary/aromatic N) is 1. The van der Waals surface area contributed by atoms with Gasteiger partial charge in [-0.25, -0.2) is 0 Å². The predicted molar refractivity (Wildman–Crippen MR) is 56.2 cm³/mol. The quantitative estimate of drug-likeness (QED) is 0.740. The lowest BCUT2D eigenvalue weighted by molar-refractivity contribution is 0.354. The first-order chi connectivity index (χ1) is 7.30. The van der Waals surface area contributed by atoms with Crippen molar-refractivity contribution in [2.24, 2.45) is 0 Å². The summed E-state index contributed by atoms with van der Waals surface area (Å²) in [6.07, 6.45) is 1.86. The molecular formula is C12H13NO2. The molecule has 2 rings (SSSR count). The molecule has 0 spiro atoms. The van der Waals surface area contributed by atoms with Crippen LogP contribution in [0.4, 0.5) is 0 Å². The maximum atomic E-state index is 8.98. The van der Waals surface area contributed by atoms with E-state index in [1.165, 1.54) is 5.56 Å². The van der Waals surface area contributed by atoms with Gasteiger partial charge in [0.2, 0.25) is 0 Å². The number of ether oxygens (including phenoxy) is 2. The van der Waals surface area contributed by atoms with Gasteiger partial charge >= 0.3 is 0 Å². The van der Waals surface area contributed by atoms with Crippen molar-refractivity contribution in [3.05, 3.63) is 23.3 Å². The van der Waals surface area contributed by atoms with E-state index in [2.05, 4.69) is 6.07 Å². The fourth-order valence-electron chi connectivity index (χ4n) is 2.07. The summed E-state index contributed by atoms with van der Waals surface area (Å²) in [5.41, 5.74) is 2.30. The molecule has 78 valence electrons. The number of nitriles is 1. The van der Waals surface area contributed by atoms with Crippen molar-refractivity contribution in [1.82, 2.24) is 0 Å². The topological polar surface area (TPSA) is 42.2 Å².